The van der Waals surface area contributed by atoms with Crippen LogP contribution in [0.1, 0.15) is 0 Å². The molecule has 28 heavy (non-hydrogen) atoms. The molecule has 0 fully saturated rings. The molecule has 0 saturated carbocycles. The lowest BCUT2D eigenvalue weighted by atomic mass is 10.0. The fourth-order valence-corrected chi connectivity index (χ4v) is 5.75. The maximum Gasteiger partial charge on any atom is 0.0606 e. The maximum atomic E-state index is 3.66. The minimum atomic E-state index is 1.17. The van der Waals surface area contributed by atoms with Crippen molar-refractivity contribution >= 4 is 46.3 Å². The molecule has 2 nitrogen and oxygen atoms in total. The zero-order valence-corrected chi connectivity index (χ0v) is 16.5. The summed E-state index contributed by atoms with van der Waals surface area (Å²) in [4.78, 5) is 5.07. The highest BCUT2D eigenvalue weighted by Crippen LogP contribution is 2.50. The maximum absolute atomic E-state index is 3.66. The minimum absolute atomic E-state index is 1.17. The molecule has 4 aromatic rings. The van der Waals surface area contributed by atoms with E-state index < -0.39 is 0 Å². The molecule has 0 radical (unpaired) electrons. The van der Waals surface area contributed by atoms with Gasteiger partial charge in [0.05, 0.1) is 22.7 Å². The summed E-state index contributed by atoms with van der Waals surface area (Å²) in [7, 11) is 0. The second kappa shape index (κ2) is 6.36. The number of fused-ring (bicyclic) bond motifs is 4. The Labute approximate surface area is 172 Å². The normalized spacial score (nSPS) is 13.3. The van der Waals surface area contributed by atoms with Gasteiger partial charge in [-0.25, -0.2) is 0 Å². The van der Waals surface area contributed by atoms with Crippen LogP contribution in [0.2, 0.25) is 0 Å². The Balaban J connectivity index is 1.43. The average Bonchev–Trinajstić information content (AvgIpc) is 2.75. The summed E-state index contributed by atoms with van der Waals surface area (Å²) in [5.74, 6) is 0. The van der Waals surface area contributed by atoms with Crippen LogP contribution in [-0.2, 0) is 0 Å². The van der Waals surface area contributed by atoms with Crippen molar-refractivity contribution < 1.29 is 0 Å². The largest absolute Gasteiger partial charge is 0.354 e. The molecule has 2 N–H and O–H groups in total. The molecule has 0 unspecified atom stereocenters. The van der Waals surface area contributed by atoms with Crippen molar-refractivity contribution in [3.63, 3.8) is 0 Å². The molecule has 2 heterocycles. The molecule has 4 aromatic carbocycles. The molecule has 2 aliphatic rings. The predicted molar refractivity (Wildman–Crippen MR) is 120 cm³/mol. The van der Waals surface area contributed by atoms with Crippen LogP contribution < -0.4 is 10.6 Å². The predicted octanol–water partition coefficient (Wildman–Crippen LogP) is 7.77. The first-order chi connectivity index (χ1) is 13.8. The molecule has 0 amide bonds. The van der Waals surface area contributed by atoms with Crippen LogP contribution in [0.3, 0.4) is 0 Å². The Kier molecular flexibility index (Phi) is 3.67. The molecule has 0 aromatic heterocycles. The van der Waals surface area contributed by atoms with Crippen LogP contribution >= 0.6 is 23.5 Å². The van der Waals surface area contributed by atoms with E-state index in [9.17, 15) is 0 Å². The number of hydrogen-bond donors (Lipinski definition) is 2. The van der Waals surface area contributed by atoms with E-state index in [0.717, 1.165) is 0 Å². The van der Waals surface area contributed by atoms with Crippen molar-refractivity contribution in [2.24, 2.45) is 0 Å². The van der Waals surface area contributed by atoms with Crippen LogP contribution in [-0.4, -0.2) is 0 Å². The number of para-hydroxylation sites is 3. The van der Waals surface area contributed by atoms with Gasteiger partial charge in [-0.2, -0.15) is 0 Å². The minimum Gasteiger partial charge on any atom is -0.354 e. The lowest BCUT2D eigenvalue weighted by Crippen LogP contribution is -2.02. The smallest absolute Gasteiger partial charge is 0.0606 e. The summed E-state index contributed by atoms with van der Waals surface area (Å²) >= 11 is 3.66. The van der Waals surface area contributed by atoms with Gasteiger partial charge in [-0.3, -0.25) is 0 Å². The van der Waals surface area contributed by atoms with Gasteiger partial charge in [0.25, 0.3) is 0 Å². The van der Waals surface area contributed by atoms with Crippen LogP contribution in [0.15, 0.2) is 105 Å². The molecule has 0 spiro atoms. The van der Waals surface area contributed by atoms with Gasteiger partial charge in [0, 0.05) is 25.1 Å². The van der Waals surface area contributed by atoms with E-state index in [2.05, 4.69) is 95.6 Å². The number of benzene rings is 4. The summed E-state index contributed by atoms with van der Waals surface area (Å²) in [6.07, 6.45) is 0. The number of hydrogen-bond acceptors (Lipinski definition) is 4. The van der Waals surface area contributed by atoms with Crippen molar-refractivity contribution in [3.8, 4) is 11.1 Å². The van der Waals surface area contributed by atoms with E-state index in [4.69, 9.17) is 0 Å². The van der Waals surface area contributed by atoms with E-state index in [1.807, 2.05) is 23.5 Å². The summed E-state index contributed by atoms with van der Waals surface area (Å²) < 4.78 is 0. The Morgan fingerprint density at radius 1 is 0.500 bits per heavy atom. The molecule has 4 heteroatoms. The highest BCUT2D eigenvalue weighted by molar-refractivity contribution is 8.00. The van der Waals surface area contributed by atoms with E-state index in [-0.39, 0.29) is 0 Å². The Bertz CT molecular complexity index is 1230. The zero-order valence-electron chi connectivity index (χ0n) is 14.9. The van der Waals surface area contributed by atoms with E-state index in [1.54, 1.807) is 0 Å². The summed E-state index contributed by atoms with van der Waals surface area (Å²) in [6, 6.07) is 30.2. The van der Waals surface area contributed by atoms with Crippen LogP contribution in [0.4, 0.5) is 22.7 Å². The Hall–Kier alpha value is -2.82. The second-order valence-corrected chi connectivity index (χ2v) is 9.00. The standard InChI is InChI=1S/C24H16N2S2/c1-3-9-20-17(7-1)25-19-13-12-15(14-23(19)28-20)16-6-5-11-22-24(16)26-18-8-2-4-10-21(18)27-22/h1-14,25-26H. The number of anilines is 4. The Morgan fingerprint density at radius 3 is 1.96 bits per heavy atom. The molecular formula is C24H16N2S2. The van der Waals surface area contributed by atoms with Crippen molar-refractivity contribution in [1.82, 2.24) is 0 Å². The van der Waals surface area contributed by atoms with Gasteiger partial charge >= 0.3 is 0 Å². The molecule has 0 bridgehead atoms. The van der Waals surface area contributed by atoms with Crippen molar-refractivity contribution in [3.05, 3.63) is 84.9 Å². The highest BCUT2D eigenvalue weighted by Gasteiger charge is 2.20. The summed E-state index contributed by atoms with van der Waals surface area (Å²) in [5.41, 5.74) is 7.19. The van der Waals surface area contributed by atoms with Crippen LogP contribution in [0.5, 0.6) is 0 Å². The molecule has 6 rings (SSSR count). The molecule has 0 atom stereocenters. The van der Waals surface area contributed by atoms with Gasteiger partial charge in [0.2, 0.25) is 0 Å². The van der Waals surface area contributed by atoms with E-state index in [0.29, 0.717) is 0 Å². The monoisotopic (exact) mass is 396 g/mol. The number of nitrogens with one attached hydrogen (secondary N) is 2. The topological polar surface area (TPSA) is 24.1 Å². The Morgan fingerprint density at radius 2 is 1.14 bits per heavy atom. The summed E-state index contributed by atoms with van der Waals surface area (Å²) in [5, 5.41) is 7.21. The quantitative estimate of drug-likeness (QED) is 0.296. The fourth-order valence-electron chi connectivity index (χ4n) is 3.70. The molecule has 0 aliphatic carbocycles. The first kappa shape index (κ1) is 16.2. The van der Waals surface area contributed by atoms with Gasteiger partial charge in [-0.05, 0) is 48.0 Å². The highest BCUT2D eigenvalue weighted by atomic mass is 32.2. The molecule has 134 valence electrons. The number of rotatable bonds is 1. The third kappa shape index (κ3) is 2.60. The SMILES string of the molecule is c1ccc2c(c1)Nc1ccc(-c3cccc4c3Nc3ccccc3S4)cc1S2. The van der Waals surface area contributed by atoms with Gasteiger partial charge in [-0.15, -0.1) is 0 Å². The van der Waals surface area contributed by atoms with Crippen LogP contribution in [0.25, 0.3) is 11.1 Å². The zero-order chi connectivity index (χ0) is 18.5. The third-order valence-electron chi connectivity index (χ3n) is 5.06. The van der Waals surface area contributed by atoms with Gasteiger partial charge < -0.3 is 10.6 Å². The van der Waals surface area contributed by atoms with Gasteiger partial charge in [0.1, 0.15) is 0 Å². The first-order valence-corrected chi connectivity index (χ1v) is 10.8. The first-order valence-electron chi connectivity index (χ1n) is 9.20. The second-order valence-electron chi connectivity index (χ2n) is 6.84. The molecular weight excluding hydrogens is 380 g/mol. The van der Waals surface area contributed by atoms with Crippen LogP contribution in [0, 0.1) is 0 Å². The lowest BCUT2D eigenvalue weighted by molar-refractivity contribution is 1.30. The lowest BCUT2D eigenvalue weighted by Gasteiger charge is -2.24. The van der Waals surface area contributed by atoms with Crippen molar-refractivity contribution in [2.75, 3.05) is 10.6 Å². The van der Waals surface area contributed by atoms with Gasteiger partial charge in [0.15, 0.2) is 0 Å². The fraction of sp³-hybridized carbons (Fsp3) is 0. The van der Waals surface area contributed by atoms with Gasteiger partial charge in [-0.1, -0.05) is 66.0 Å². The molecule has 2 aliphatic heterocycles. The average molecular weight is 397 g/mol. The van der Waals surface area contributed by atoms with Crippen molar-refractivity contribution in [2.45, 2.75) is 19.6 Å². The molecule has 0 saturated heterocycles. The third-order valence-corrected chi connectivity index (χ3v) is 7.33. The van der Waals surface area contributed by atoms with E-state index in [1.165, 1.54) is 53.5 Å². The van der Waals surface area contributed by atoms with E-state index >= 15 is 0 Å². The summed E-state index contributed by atoms with van der Waals surface area (Å²) in [6.45, 7) is 0. The van der Waals surface area contributed by atoms with Crippen molar-refractivity contribution in [1.29, 1.82) is 0 Å².